The summed E-state index contributed by atoms with van der Waals surface area (Å²) in [5.41, 5.74) is 1.66. The van der Waals surface area contributed by atoms with Gasteiger partial charge in [-0.05, 0) is 29.3 Å². The van der Waals surface area contributed by atoms with Crippen molar-refractivity contribution < 1.29 is 13.2 Å². The van der Waals surface area contributed by atoms with Crippen LogP contribution >= 0.6 is 15.9 Å². The highest BCUT2D eigenvalue weighted by Crippen LogP contribution is 2.13. The first-order valence-corrected chi connectivity index (χ1v) is 9.84. The summed E-state index contributed by atoms with van der Waals surface area (Å²) in [7, 11) is -3.50. The van der Waals surface area contributed by atoms with Crippen molar-refractivity contribution in [2.24, 2.45) is 0 Å². The summed E-state index contributed by atoms with van der Waals surface area (Å²) in [6.45, 7) is 0.226. The lowest BCUT2D eigenvalue weighted by atomic mass is 10.2. The highest BCUT2D eigenvalue weighted by atomic mass is 79.9. The van der Waals surface area contributed by atoms with Gasteiger partial charge >= 0.3 is 0 Å². The number of pyridine rings is 1. The van der Waals surface area contributed by atoms with E-state index in [1.54, 1.807) is 18.5 Å². The lowest BCUT2D eigenvalue weighted by Gasteiger charge is -2.19. The highest BCUT2D eigenvalue weighted by molar-refractivity contribution is 9.10. The summed E-state index contributed by atoms with van der Waals surface area (Å²) < 4.78 is 25.9. The number of carbonyl (C=O) groups is 1. The molecule has 24 heavy (non-hydrogen) atoms. The maximum absolute atomic E-state index is 12.1. The van der Waals surface area contributed by atoms with Crippen LogP contribution in [0.15, 0.2) is 53.3 Å². The standard InChI is InChI=1S/C16H18BrN3O3S/c1-24(22,23)20(11-13-4-6-15(17)7-5-13)12-16(21)19-10-14-3-2-8-18-9-14/h2-9H,10-12H2,1H3,(H,19,21). The molecule has 0 saturated heterocycles. The minimum Gasteiger partial charge on any atom is -0.351 e. The molecule has 0 spiro atoms. The maximum Gasteiger partial charge on any atom is 0.235 e. The van der Waals surface area contributed by atoms with Crippen molar-refractivity contribution in [3.05, 3.63) is 64.4 Å². The van der Waals surface area contributed by atoms with Gasteiger partial charge in [0.15, 0.2) is 0 Å². The van der Waals surface area contributed by atoms with E-state index in [4.69, 9.17) is 0 Å². The van der Waals surface area contributed by atoms with Crippen LogP contribution in [-0.2, 0) is 27.9 Å². The van der Waals surface area contributed by atoms with E-state index < -0.39 is 10.0 Å². The molecular formula is C16H18BrN3O3S. The Labute approximate surface area is 150 Å². The summed E-state index contributed by atoms with van der Waals surface area (Å²) >= 11 is 3.33. The predicted octanol–water partition coefficient (Wildman–Crippen LogP) is 1.92. The van der Waals surface area contributed by atoms with Crippen molar-refractivity contribution in [1.29, 1.82) is 0 Å². The number of nitrogens with one attached hydrogen (secondary N) is 1. The van der Waals surface area contributed by atoms with Crippen LogP contribution in [0.5, 0.6) is 0 Å². The maximum atomic E-state index is 12.1. The molecule has 8 heteroatoms. The van der Waals surface area contributed by atoms with E-state index in [0.29, 0.717) is 6.54 Å². The average molecular weight is 412 g/mol. The highest BCUT2D eigenvalue weighted by Gasteiger charge is 2.20. The zero-order chi connectivity index (χ0) is 17.6. The Morgan fingerprint density at radius 2 is 1.92 bits per heavy atom. The summed E-state index contributed by atoms with van der Waals surface area (Å²) in [5, 5.41) is 2.70. The largest absolute Gasteiger partial charge is 0.351 e. The summed E-state index contributed by atoms with van der Waals surface area (Å²) in [6.07, 6.45) is 4.39. The second-order valence-electron chi connectivity index (χ2n) is 5.30. The fourth-order valence-corrected chi connectivity index (χ4v) is 3.00. The smallest absolute Gasteiger partial charge is 0.235 e. The van der Waals surface area contributed by atoms with Gasteiger partial charge in [0.1, 0.15) is 0 Å². The molecular weight excluding hydrogens is 394 g/mol. The molecule has 6 nitrogen and oxygen atoms in total. The fourth-order valence-electron chi connectivity index (χ4n) is 2.00. The Balaban J connectivity index is 1.98. The average Bonchev–Trinajstić information content (AvgIpc) is 2.54. The van der Waals surface area contributed by atoms with Crippen molar-refractivity contribution in [2.75, 3.05) is 12.8 Å². The van der Waals surface area contributed by atoms with Crippen LogP contribution in [0.2, 0.25) is 0 Å². The molecule has 1 heterocycles. The Bertz CT molecular complexity index is 780. The molecule has 2 rings (SSSR count). The lowest BCUT2D eigenvalue weighted by molar-refractivity contribution is -0.121. The van der Waals surface area contributed by atoms with Gasteiger partial charge in [0.05, 0.1) is 12.8 Å². The van der Waals surface area contributed by atoms with Gasteiger partial charge in [0.2, 0.25) is 15.9 Å². The van der Waals surface area contributed by atoms with E-state index >= 15 is 0 Å². The number of aromatic nitrogens is 1. The van der Waals surface area contributed by atoms with Crippen LogP contribution in [-0.4, -0.2) is 36.4 Å². The van der Waals surface area contributed by atoms with Crippen LogP contribution < -0.4 is 5.32 Å². The zero-order valence-corrected chi connectivity index (χ0v) is 15.5. The topological polar surface area (TPSA) is 79.4 Å². The number of benzene rings is 1. The van der Waals surface area contributed by atoms with Crippen molar-refractivity contribution in [3.8, 4) is 0 Å². The molecule has 0 atom stereocenters. The Morgan fingerprint density at radius 3 is 2.50 bits per heavy atom. The van der Waals surface area contributed by atoms with Crippen LogP contribution in [0.4, 0.5) is 0 Å². The number of rotatable bonds is 7. The summed E-state index contributed by atoms with van der Waals surface area (Å²) in [6, 6.07) is 10.9. The van der Waals surface area contributed by atoms with Crippen molar-refractivity contribution >= 4 is 31.9 Å². The molecule has 1 aromatic heterocycles. The fraction of sp³-hybridized carbons (Fsp3) is 0.250. The number of hydrogen-bond donors (Lipinski definition) is 1. The van der Waals surface area contributed by atoms with E-state index in [9.17, 15) is 13.2 Å². The van der Waals surface area contributed by atoms with E-state index in [1.807, 2.05) is 30.3 Å². The first-order chi connectivity index (χ1) is 11.3. The van der Waals surface area contributed by atoms with Gasteiger partial charge in [-0.25, -0.2) is 8.42 Å². The molecule has 2 aromatic rings. The van der Waals surface area contributed by atoms with E-state index in [2.05, 4.69) is 26.2 Å². The molecule has 0 fully saturated rings. The second kappa shape index (κ2) is 8.36. The van der Waals surface area contributed by atoms with Gasteiger partial charge in [-0.3, -0.25) is 9.78 Å². The van der Waals surface area contributed by atoms with Gasteiger partial charge in [0.25, 0.3) is 0 Å². The van der Waals surface area contributed by atoms with E-state index in [0.717, 1.165) is 26.2 Å². The summed E-state index contributed by atoms with van der Waals surface area (Å²) in [5.74, 6) is -0.360. The second-order valence-corrected chi connectivity index (χ2v) is 8.19. The van der Waals surface area contributed by atoms with Crippen molar-refractivity contribution in [2.45, 2.75) is 13.1 Å². The first kappa shape index (κ1) is 18.6. The minimum absolute atomic E-state index is 0.145. The van der Waals surface area contributed by atoms with Crippen molar-refractivity contribution in [3.63, 3.8) is 0 Å². The number of nitrogens with zero attached hydrogens (tertiary/aromatic N) is 2. The molecule has 0 unspecified atom stereocenters. The van der Waals surface area contributed by atoms with Gasteiger partial charge in [-0.15, -0.1) is 0 Å². The Morgan fingerprint density at radius 1 is 1.21 bits per heavy atom. The molecule has 1 N–H and O–H groups in total. The van der Waals surface area contributed by atoms with Crippen molar-refractivity contribution in [1.82, 2.24) is 14.6 Å². The van der Waals surface area contributed by atoms with Gasteiger partial charge in [0, 0.05) is 30.0 Å². The van der Waals surface area contributed by atoms with E-state index in [-0.39, 0.29) is 19.0 Å². The van der Waals surface area contributed by atoms with E-state index in [1.165, 1.54) is 0 Å². The monoisotopic (exact) mass is 411 g/mol. The Kier molecular flexibility index (Phi) is 6.47. The molecule has 0 aliphatic heterocycles. The normalized spacial score (nSPS) is 11.5. The molecule has 128 valence electrons. The molecule has 0 radical (unpaired) electrons. The number of carbonyl (C=O) groups excluding carboxylic acids is 1. The van der Waals surface area contributed by atoms with Gasteiger partial charge in [-0.2, -0.15) is 4.31 Å². The van der Waals surface area contributed by atoms with Crippen LogP contribution in [0.1, 0.15) is 11.1 Å². The third-order valence-corrected chi connectivity index (χ3v) is 5.00. The molecule has 0 aliphatic carbocycles. The quantitative estimate of drug-likeness (QED) is 0.754. The zero-order valence-electron chi connectivity index (χ0n) is 13.1. The van der Waals surface area contributed by atoms with Crippen LogP contribution in [0.3, 0.4) is 0 Å². The lowest BCUT2D eigenvalue weighted by Crippen LogP contribution is -2.39. The summed E-state index contributed by atoms with van der Waals surface area (Å²) in [4.78, 5) is 16.0. The Hall–Kier alpha value is -1.77. The third-order valence-electron chi connectivity index (χ3n) is 3.27. The molecule has 1 amide bonds. The number of amides is 1. The number of halogens is 1. The van der Waals surface area contributed by atoms with Gasteiger partial charge in [-0.1, -0.05) is 34.1 Å². The molecule has 0 aliphatic rings. The molecule has 0 bridgehead atoms. The first-order valence-electron chi connectivity index (χ1n) is 7.20. The van der Waals surface area contributed by atoms with Crippen LogP contribution in [0.25, 0.3) is 0 Å². The third kappa shape index (κ3) is 6.03. The number of sulfonamides is 1. The molecule has 0 saturated carbocycles. The SMILES string of the molecule is CS(=O)(=O)N(CC(=O)NCc1cccnc1)Cc1ccc(Br)cc1. The van der Waals surface area contributed by atoms with Crippen LogP contribution in [0, 0.1) is 0 Å². The predicted molar refractivity (Wildman–Crippen MR) is 95.5 cm³/mol. The van der Waals surface area contributed by atoms with Gasteiger partial charge < -0.3 is 5.32 Å². The number of hydrogen-bond acceptors (Lipinski definition) is 4. The molecule has 1 aromatic carbocycles. The minimum atomic E-state index is -3.50.